The van der Waals surface area contributed by atoms with Crippen LogP contribution in [0.15, 0.2) is 0 Å². The highest BCUT2D eigenvalue weighted by atomic mass is 16.4. The number of nitrogens with zero attached hydrogens (tertiary/aromatic N) is 1. The third-order valence-corrected chi connectivity index (χ3v) is 3.54. The van der Waals surface area contributed by atoms with Crippen LogP contribution >= 0.6 is 0 Å². The molecule has 2 atom stereocenters. The average Bonchev–Trinajstić information content (AvgIpc) is 2.44. The molecule has 0 radical (unpaired) electrons. The van der Waals surface area contributed by atoms with Gasteiger partial charge in [-0.25, -0.2) is 0 Å². The van der Waals surface area contributed by atoms with Crippen LogP contribution in [-0.2, 0) is 4.79 Å². The Balaban J connectivity index is 2.36. The predicted molar refractivity (Wildman–Crippen MR) is 64.6 cm³/mol. The molecule has 0 aliphatic carbocycles. The smallest absolute Gasteiger partial charge is 0.320 e. The number of hydrogen-bond donors (Lipinski definition) is 2. The summed E-state index contributed by atoms with van der Waals surface area (Å²) < 4.78 is 0. The van der Waals surface area contributed by atoms with Crippen molar-refractivity contribution in [1.29, 1.82) is 0 Å². The standard InChI is InChI=1S/C12H24N2O2/c1-10-6-4-3-5-8-14(10)9-7-11(13-2)12(15)16/h10-11,13H,3-9H2,1-2H3,(H,15,16). The van der Waals surface area contributed by atoms with E-state index in [1.54, 1.807) is 7.05 Å². The molecule has 1 saturated heterocycles. The highest BCUT2D eigenvalue weighted by Gasteiger charge is 2.20. The molecule has 0 spiro atoms. The summed E-state index contributed by atoms with van der Waals surface area (Å²) in [7, 11) is 1.71. The van der Waals surface area contributed by atoms with Gasteiger partial charge >= 0.3 is 5.97 Å². The number of hydrogen-bond acceptors (Lipinski definition) is 3. The number of aliphatic carboxylic acids is 1. The maximum Gasteiger partial charge on any atom is 0.320 e. The van der Waals surface area contributed by atoms with Crippen molar-refractivity contribution in [3.63, 3.8) is 0 Å². The van der Waals surface area contributed by atoms with Crippen LogP contribution in [0.5, 0.6) is 0 Å². The number of nitrogens with one attached hydrogen (secondary N) is 1. The first-order valence-corrected chi connectivity index (χ1v) is 6.29. The van der Waals surface area contributed by atoms with E-state index in [9.17, 15) is 4.79 Å². The first kappa shape index (κ1) is 13.5. The molecule has 0 aromatic rings. The van der Waals surface area contributed by atoms with Crippen molar-refractivity contribution in [2.75, 3.05) is 20.1 Å². The molecule has 1 fully saturated rings. The Hall–Kier alpha value is -0.610. The second-order valence-electron chi connectivity index (χ2n) is 4.70. The average molecular weight is 228 g/mol. The van der Waals surface area contributed by atoms with E-state index < -0.39 is 12.0 Å². The highest BCUT2D eigenvalue weighted by Crippen LogP contribution is 2.16. The van der Waals surface area contributed by atoms with E-state index >= 15 is 0 Å². The number of carboxylic acids is 1. The third kappa shape index (κ3) is 4.10. The lowest BCUT2D eigenvalue weighted by Gasteiger charge is -2.27. The minimum absolute atomic E-state index is 0.407. The van der Waals surface area contributed by atoms with Crippen molar-refractivity contribution < 1.29 is 9.90 Å². The summed E-state index contributed by atoms with van der Waals surface area (Å²) in [5.74, 6) is -0.745. The fourth-order valence-corrected chi connectivity index (χ4v) is 2.35. The number of carbonyl (C=O) groups is 1. The molecule has 4 nitrogen and oxygen atoms in total. The third-order valence-electron chi connectivity index (χ3n) is 3.54. The molecule has 2 unspecified atom stereocenters. The van der Waals surface area contributed by atoms with Gasteiger partial charge in [0.2, 0.25) is 0 Å². The Kier molecular flexibility index (Phi) is 5.77. The lowest BCUT2D eigenvalue weighted by molar-refractivity contribution is -0.139. The number of rotatable bonds is 5. The maximum absolute atomic E-state index is 10.9. The second kappa shape index (κ2) is 6.86. The molecule has 4 heteroatoms. The molecule has 1 aliphatic rings. The Labute approximate surface area is 98.0 Å². The van der Waals surface area contributed by atoms with Crippen molar-refractivity contribution >= 4 is 5.97 Å². The van der Waals surface area contributed by atoms with Gasteiger partial charge in [0.25, 0.3) is 0 Å². The first-order valence-electron chi connectivity index (χ1n) is 6.29. The van der Waals surface area contributed by atoms with E-state index in [0.29, 0.717) is 12.5 Å². The summed E-state index contributed by atoms with van der Waals surface area (Å²) >= 11 is 0. The number of carboxylic acid groups (broad SMARTS) is 1. The van der Waals surface area contributed by atoms with Crippen LogP contribution < -0.4 is 5.32 Å². The Bertz CT molecular complexity index is 221. The Morgan fingerprint density at radius 3 is 2.88 bits per heavy atom. The van der Waals surface area contributed by atoms with Gasteiger partial charge in [-0.05, 0) is 39.8 Å². The molecule has 0 aromatic carbocycles. The van der Waals surface area contributed by atoms with E-state index in [1.807, 2.05) is 0 Å². The lowest BCUT2D eigenvalue weighted by atomic mass is 10.1. The minimum Gasteiger partial charge on any atom is -0.480 e. The van der Waals surface area contributed by atoms with Gasteiger partial charge in [-0.15, -0.1) is 0 Å². The van der Waals surface area contributed by atoms with E-state index in [-0.39, 0.29) is 0 Å². The summed E-state index contributed by atoms with van der Waals surface area (Å²) in [5.41, 5.74) is 0. The summed E-state index contributed by atoms with van der Waals surface area (Å²) in [6.07, 6.45) is 5.82. The molecule has 94 valence electrons. The highest BCUT2D eigenvalue weighted by molar-refractivity contribution is 5.73. The normalized spacial score (nSPS) is 25.0. The van der Waals surface area contributed by atoms with Crippen LogP contribution in [0.2, 0.25) is 0 Å². The van der Waals surface area contributed by atoms with Crippen molar-refractivity contribution in [2.45, 2.75) is 51.1 Å². The number of likely N-dealkylation sites (tertiary alicyclic amines) is 1. The molecular weight excluding hydrogens is 204 g/mol. The van der Waals surface area contributed by atoms with Crippen molar-refractivity contribution in [2.24, 2.45) is 0 Å². The van der Waals surface area contributed by atoms with Gasteiger partial charge in [0, 0.05) is 12.6 Å². The van der Waals surface area contributed by atoms with E-state index in [2.05, 4.69) is 17.1 Å². The van der Waals surface area contributed by atoms with Gasteiger partial charge in [-0.1, -0.05) is 12.8 Å². The first-order chi connectivity index (χ1) is 7.65. The summed E-state index contributed by atoms with van der Waals surface area (Å²) in [4.78, 5) is 13.3. The van der Waals surface area contributed by atoms with Gasteiger partial charge in [0.1, 0.15) is 6.04 Å². The Morgan fingerprint density at radius 2 is 2.25 bits per heavy atom. The molecule has 1 heterocycles. The van der Waals surface area contributed by atoms with Crippen LogP contribution in [0.4, 0.5) is 0 Å². The molecular formula is C12H24N2O2. The molecule has 1 aliphatic heterocycles. The number of likely N-dealkylation sites (N-methyl/N-ethyl adjacent to an activating group) is 1. The van der Waals surface area contributed by atoms with Crippen LogP contribution in [0.1, 0.15) is 39.0 Å². The van der Waals surface area contributed by atoms with Crippen molar-refractivity contribution in [3.8, 4) is 0 Å². The van der Waals surface area contributed by atoms with Crippen molar-refractivity contribution in [3.05, 3.63) is 0 Å². The molecule has 2 N–H and O–H groups in total. The second-order valence-corrected chi connectivity index (χ2v) is 4.70. The lowest BCUT2D eigenvalue weighted by Crippen LogP contribution is -2.40. The monoisotopic (exact) mass is 228 g/mol. The molecule has 0 saturated carbocycles. The summed E-state index contributed by atoms with van der Waals surface area (Å²) in [5, 5.41) is 11.8. The SMILES string of the molecule is CNC(CCN1CCCCCC1C)C(=O)O. The maximum atomic E-state index is 10.9. The van der Waals surface area contributed by atoms with Crippen LogP contribution in [0.25, 0.3) is 0 Å². The zero-order valence-corrected chi connectivity index (χ0v) is 10.4. The zero-order valence-electron chi connectivity index (χ0n) is 10.4. The predicted octanol–water partition coefficient (Wildman–Crippen LogP) is 1.31. The molecule has 0 aromatic heterocycles. The topological polar surface area (TPSA) is 52.6 Å². The molecule has 0 amide bonds. The van der Waals surface area contributed by atoms with E-state index in [1.165, 1.54) is 25.7 Å². The van der Waals surface area contributed by atoms with Gasteiger partial charge in [0.15, 0.2) is 0 Å². The van der Waals surface area contributed by atoms with E-state index in [0.717, 1.165) is 13.1 Å². The fourth-order valence-electron chi connectivity index (χ4n) is 2.35. The van der Waals surface area contributed by atoms with Gasteiger partial charge in [0.05, 0.1) is 0 Å². The zero-order chi connectivity index (χ0) is 12.0. The molecule has 16 heavy (non-hydrogen) atoms. The quantitative estimate of drug-likeness (QED) is 0.745. The van der Waals surface area contributed by atoms with Crippen LogP contribution in [0.3, 0.4) is 0 Å². The largest absolute Gasteiger partial charge is 0.480 e. The fraction of sp³-hybridized carbons (Fsp3) is 0.917. The van der Waals surface area contributed by atoms with Gasteiger partial charge in [-0.2, -0.15) is 0 Å². The van der Waals surface area contributed by atoms with Gasteiger partial charge in [-0.3, -0.25) is 4.79 Å². The van der Waals surface area contributed by atoms with Crippen molar-refractivity contribution in [1.82, 2.24) is 10.2 Å². The van der Waals surface area contributed by atoms with E-state index in [4.69, 9.17) is 5.11 Å². The summed E-state index contributed by atoms with van der Waals surface area (Å²) in [6, 6.07) is 0.198. The molecule has 1 rings (SSSR count). The molecule has 0 bridgehead atoms. The summed E-state index contributed by atoms with van der Waals surface area (Å²) in [6.45, 7) is 4.26. The minimum atomic E-state index is -0.745. The Morgan fingerprint density at radius 1 is 1.50 bits per heavy atom. The van der Waals surface area contributed by atoms with Crippen LogP contribution in [0, 0.1) is 0 Å². The van der Waals surface area contributed by atoms with Gasteiger partial charge < -0.3 is 15.3 Å². The van der Waals surface area contributed by atoms with Crippen LogP contribution in [-0.4, -0.2) is 48.2 Å².